The van der Waals surface area contributed by atoms with E-state index in [2.05, 4.69) is 25.6 Å². The number of hydrogen-bond acceptors (Lipinski definition) is 6. The Morgan fingerprint density at radius 3 is 2.89 bits per heavy atom. The van der Waals surface area contributed by atoms with E-state index >= 15 is 0 Å². The first-order chi connectivity index (χ1) is 17.2. The number of hydrogen-bond donors (Lipinski definition) is 3. The molecule has 0 spiro atoms. The summed E-state index contributed by atoms with van der Waals surface area (Å²) in [4.78, 5) is 13.4. The van der Waals surface area contributed by atoms with Crippen molar-refractivity contribution in [3.05, 3.63) is 84.4 Å². The molecule has 180 valence electrons. The van der Waals surface area contributed by atoms with Crippen LogP contribution in [0.15, 0.2) is 73.1 Å². The number of alkyl halides is 1. The summed E-state index contributed by atoms with van der Waals surface area (Å²) in [6.45, 7) is 1.25. The first-order valence-electron chi connectivity index (χ1n) is 11.6. The van der Waals surface area contributed by atoms with Gasteiger partial charge < -0.3 is 16.0 Å². The molecule has 3 aromatic heterocycles. The molecule has 0 aliphatic carbocycles. The number of nitrogens with one attached hydrogen (secondary N) is 3. The summed E-state index contributed by atoms with van der Waals surface area (Å²) in [5.41, 5.74) is 4.46. The smallest absolute Gasteiger partial charge is 0.160 e. The van der Waals surface area contributed by atoms with Crippen LogP contribution in [0.1, 0.15) is 24.1 Å². The van der Waals surface area contributed by atoms with Gasteiger partial charge in [0, 0.05) is 71.2 Å². The van der Waals surface area contributed by atoms with Gasteiger partial charge in [0.2, 0.25) is 0 Å². The Kier molecular flexibility index (Phi) is 8.40. The molecule has 8 heteroatoms. The highest BCUT2D eigenvalue weighted by Gasteiger charge is 2.13. The van der Waals surface area contributed by atoms with Crippen molar-refractivity contribution < 1.29 is 8.78 Å². The third-order valence-corrected chi connectivity index (χ3v) is 5.86. The van der Waals surface area contributed by atoms with E-state index in [4.69, 9.17) is 5.41 Å². The molecule has 0 bridgehead atoms. The maximum absolute atomic E-state index is 13.9. The van der Waals surface area contributed by atoms with E-state index < -0.39 is 12.5 Å². The summed E-state index contributed by atoms with van der Waals surface area (Å²) in [5, 5.41) is 15.6. The molecule has 0 radical (unpaired) electrons. The number of aromatic nitrogens is 3. The molecular weight excluding hydrogens is 446 g/mol. The number of nitrogens with zero attached hydrogens (tertiary/aromatic N) is 3. The van der Waals surface area contributed by atoms with Crippen LogP contribution in [0.25, 0.3) is 27.7 Å². The van der Waals surface area contributed by atoms with Crippen molar-refractivity contribution in [2.45, 2.75) is 25.3 Å². The van der Waals surface area contributed by atoms with Crippen molar-refractivity contribution >= 4 is 22.8 Å². The van der Waals surface area contributed by atoms with E-state index in [1.54, 1.807) is 18.6 Å². The molecule has 4 heterocycles. The average Bonchev–Trinajstić information content (AvgIpc) is 2.91. The first-order valence-corrected chi connectivity index (χ1v) is 11.6. The van der Waals surface area contributed by atoms with Crippen molar-refractivity contribution in [1.82, 2.24) is 25.6 Å². The van der Waals surface area contributed by atoms with E-state index in [1.807, 2.05) is 30.5 Å². The summed E-state index contributed by atoms with van der Waals surface area (Å²) in [6.07, 6.45) is 14.3. The standard InChI is InChI=1S/C27H28F2N6/c28-9-1-3-22(29)5-6-24-14-26(25-4-2-10-33-27(25)35-24)20-13-19(16-32-17-20)21(15-30)18-34-23-7-11-31-12-8-23/h1-5,10,13-18,23,30-31,34H,6-9,11-12H2/b3-1-,21-18+,22-5+,30-15?. The quantitative estimate of drug-likeness (QED) is 0.302. The van der Waals surface area contributed by atoms with Crippen LogP contribution in [0.4, 0.5) is 8.78 Å². The van der Waals surface area contributed by atoms with Gasteiger partial charge in [-0.25, -0.2) is 18.7 Å². The van der Waals surface area contributed by atoms with E-state index in [-0.39, 0.29) is 6.42 Å². The van der Waals surface area contributed by atoms with Crippen LogP contribution in [0.5, 0.6) is 0 Å². The number of rotatable bonds is 9. The fourth-order valence-electron chi connectivity index (χ4n) is 4.03. The molecule has 1 saturated heterocycles. The number of allylic oxidation sites excluding steroid dienone is 5. The summed E-state index contributed by atoms with van der Waals surface area (Å²) < 4.78 is 26.2. The molecule has 3 aromatic rings. The molecule has 6 nitrogen and oxygen atoms in total. The van der Waals surface area contributed by atoms with E-state index in [0.717, 1.165) is 65.7 Å². The molecular formula is C27H28F2N6. The minimum atomic E-state index is -0.716. The van der Waals surface area contributed by atoms with Crippen LogP contribution >= 0.6 is 0 Å². The highest BCUT2D eigenvalue weighted by molar-refractivity contribution is 6.08. The number of halogens is 2. The summed E-state index contributed by atoms with van der Waals surface area (Å²) in [6, 6.07) is 8.05. The second-order valence-electron chi connectivity index (χ2n) is 8.28. The minimum Gasteiger partial charge on any atom is -0.388 e. The highest BCUT2D eigenvalue weighted by Crippen LogP contribution is 2.29. The molecule has 1 fully saturated rings. The second kappa shape index (κ2) is 12.1. The summed E-state index contributed by atoms with van der Waals surface area (Å²) >= 11 is 0. The molecule has 1 aliphatic rings. The molecule has 35 heavy (non-hydrogen) atoms. The molecule has 0 saturated carbocycles. The zero-order valence-corrected chi connectivity index (χ0v) is 19.3. The summed E-state index contributed by atoms with van der Waals surface area (Å²) in [7, 11) is 0. The monoisotopic (exact) mass is 474 g/mol. The highest BCUT2D eigenvalue weighted by atomic mass is 19.1. The third kappa shape index (κ3) is 6.42. The zero-order valence-electron chi connectivity index (χ0n) is 19.3. The fourth-order valence-corrected chi connectivity index (χ4v) is 4.03. The minimum absolute atomic E-state index is 0.237. The predicted molar refractivity (Wildman–Crippen MR) is 137 cm³/mol. The third-order valence-electron chi connectivity index (χ3n) is 5.86. The second-order valence-corrected chi connectivity index (χ2v) is 8.28. The van der Waals surface area contributed by atoms with E-state index in [9.17, 15) is 8.78 Å². The molecule has 0 aromatic carbocycles. The van der Waals surface area contributed by atoms with Crippen molar-refractivity contribution in [3.63, 3.8) is 0 Å². The van der Waals surface area contributed by atoms with Gasteiger partial charge in [0.15, 0.2) is 5.65 Å². The van der Waals surface area contributed by atoms with Gasteiger partial charge in [0.1, 0.15) is 12.5 Å². The number of pyridine rings is 3. The van der Waals surface area contributed by atoms with Gasteiger partial charge in [-0.05, 0) is 67.9 Å². The lowest BCUT2D eigenvalue weighted by molar-refractivity contribution is 0.420. The zero-order chi connectivity index (χ0) is 24.5. The molecule has 0 amide bonds. The van der Waals surface area contributed by atoms with Crippen LogP contribution in [0, 0.1) is 5.41 Å². The van der Waals surface area contributed by atoms with E-state index in [0.29, 0.717) is 17.4 Å². The van der Waals surface area contributed by atoms with E-state index in [1.165, 1.54) is 12.3 Å². The Balaban J connectivity index is 1.67. The van der Waals surface area contributed by atoms with Crippen molar-refractivity contribution in [3.8, 4) is 11.1 Å². The van der Waals surface area contributed by atoms with Crippen LogP contribution < -0.4 is 10.6 Å². The van der Waals surface area contributed by atoms with Gasteiger partial charge in [-0.2, -0.15) is 0 Å². The maximum atomic E-state index is 13.9. The average molecular weight is 475 g/mol. The summed E-state index contributed by atoms with van der Waals surface area (Å²) in [5.74, 6) is -0.516. The topological polar surface area (TPSA) is 86.6 Å². The van der Waals surface area contributed by atoms with Gasteiger partial charge in [-0.15, -0.1) is 0 Å². The largest absolute Gasteiger partial charge is 0.388 e. The normalized spacial score (nSPS) is 15.6. The Bertz CT molecular complexity index is 1260. The van der Waals surface area contributed by atoms with Crippen molar-refractivity contribution in [1.29, 1.82) is 5.41 Å². The van der Waals surface area contributed by atoms with Crippen molar-refractivity contribution in [2.75, 3.05) is 19.8 Å². The SMILES string of the molecule is N=C/C(=C\NC1CCNCC1)c1cncc(-c2cc(C/C=C(F)\C=C/CF)nc3ncccc23)c1. The van der Waals surface area contributed by atoms with Gasteiger partial charge in [-0.1, -0.05) is 6.08 Å². The molecule has 1 aliphatic heterocycles. The Hall–Kier alpha value is -3.78. The lowest BCUT2D eigenvalue weighted by Crippen LogP contribution is -2.37. The first kappa shape index (κ1) is 24.3. The van der Waals surface area contributed by atoms with Gasteiger partial charge in [-0.3, -0.25) is 4.98 Å². The maximum Gasteiger partial charge on any atom is 0.160 e. The molecule has 0 unspecified atom stereocenters. The lowest BCUT2D eigenvalue weighted by Gasteiger charge is -2.23. The Morgan fingerprint density at radius 1 is 1.23 bits per heavy atom. The Morgan fingerprint density at radius 2 is 2.09 bits per heavy atom. The molecule has 0 atom stereocenters. The molecule has 3 N–H and O–H groups in total. The van der Waals surface area contributed by atoms with Crippen LogP contribution in [0.3, 0.4) is 0 Å². The molecule has 4 rings (SSSR count). The van der Waals surface area contributed by atoms with Gasteiger partial charge in [0.05, 0.1) is 0 Å². The van der Waals surface area contributed by atoms with Crippen LogP contribution in [-0.2, 0) is 6.42 Å². The van der Waals surface area contributed by atoms with Gasteiger partial charge >= 0.3 is 0 Å². The number of piperidine rings is 1. The van der Waals surface area contributed by atoms with Crippen molar-refractivity contribution in [2.24, 2.45) is 0 Å². The van der Waals surface area contributed by atoms with Crippen LogP contribution in [-0.4, -0.2) is 47.0 Å². The van der Waals surface area contributed by atoms with Gasteiger partial charge in [0.25, 0.3) is 0 Å². The predicted octanol–water partition coefficient (Wildman–Crippen LogP) is 4.95. The number of fused-ring (bicyclic) bond motifs is 1. The fraction of sp³-hybridized carbons (Fsp3) is 0.259. The van der Waals surface area contributed by atoms with Crippen LogP contribution in [0.2, 0.25) is 0 Å². The lowest BCUT2D eigenvalue weighted by atomic mass is 9.99. The Labute approximate surface area is 203 Å².